The van der Waals surface area contributed by atoms with Crippen LogP contribution >= 0.6 is 0 Å². The second kappa shape index (κ2) is 6.86. The van der Waals surface area contributed by atoms with Crippen LogP contribution in [0.3, 0.4) is 0 Å². The molecule has 0 atom stereocenters. The lowest BCUT2D eigenvalue weighted by Crippen LogP contribution is -2.30. The van der Waals surface area contributed by atoms with Gasteiger partial charge in [0.15, 0.2) is 0 Å². The minimum absolute atomic E-state index is 0.0460. The lowest BCUT2D eigenvalue weighted by Gasteiger charge is -2.10. The third-order valence-electron chi connectivity index (χ3n) is 3.12. The van der Waals surface area contributed by atoms with Crippen LogP contribution in [0.15, 0.2) is 24.5 Å². The maximum Gasteiger partial charge on any atom is 0.293 e. The van der Waals surface area contributed by atoms with Crippen LogP contribution in [0.5, 0.6) is 0 Å². The molecule has 1 amide bonds. The fraction of sp³-hybridized carbons (Fsp3) is 0.357. The molecule has 1 aromatic heterocycles. The Kier molecular flexibility index (Phi) is 4.89. The highest BCUT2D eigenvalue weighted by molar-refractivity contribution is 5.95. The van der Waals surface area contributed by atoms with Gasteiger partial charge in [-0.2, -0.15) is 5.10 Å². The minimum Gasteiger partial charge on any atom is -0.372 e. The minimum atomic E-state index is -0.523. The van der Waals surface area contributed by atoms with E-state index in [1.807, 2.05) is 13.8 Å². The Morgan fingerprint density at radius 2 is 2.17 bits per heavy atom. The average molecular weight is 318 g/mol. The lowest BCUT2D eigenvalue weighted by atomic mass is 10.1. The molecule has 9 nitrogen and oxygen atoms in total. The van der Waals surface area contributed by atoms with Crippen LogP contribution in [0, 0.1) is 10.1 Å². The molecule has 0 spiro atoms. The number of amides is 1. The summed E-state index contributed by atoms with van der Waals surface area (Å²) in [5.74, 6) is 0.295. The van der Waals surface area contributed by atoms with Crippen molar-refractivity contribution in [1.82, 2.24) is 20.1 Å². The van der Waals surface area contributed by atoms with Crippen molar-refractivity contribution in [1.29, 1.82) is 0 Å². The molecule has 0 bridgehead atoms. The predicted molar refractivity (Wildman–Crippen MR) is 84.0 cm³/mol. The molecule has 1 aromatic carbocycles. The van der Waals surface area contributed by atoms with Crippen LogP contribution in [0.4, 0.5) is 11.4 Å². The van der Waals surface area contributed by atoms with Crippen molar-refractivity contribution in [3.8, 4) is 0 Å². The van der Waals surface area contributed by atoms with E-state index in [1.165, 1.54) is 18.5 Å². The smallest absolute Gasteiger partial charge is 0.293 e. The van der Waals surface area contributed by atoms with Crippen molar-refractivity contribution in [2.24, 2.45) is 7.05 Å². The summed E-state index contributed by atoms with van der Waals surface area (Å²) >= 11 is 0. The average Bonchev–Trinajstić information content (AvgIpc) is 2.89. The van der Waals surface area contributed by atoms with Crippen LogP contribution < -0.4 is 10.6 Å². The molecular formula is C14H18N6O3. The first-order chi connectivity index (χ1) is 10.9. The van der Waals surface area contributed by atoms with Gasteiger partial charge in [-0.1, -0.05) is 0 Å². The highest BCUT2D eigenvalue weighted by Crippen LogP contribution is 2.26. The topological polar surface area (TPSA) is 115 Å². The van der Waals surface area contributed by atoms with E-state index >= 15 is 0 Å². The van der Waals surface area contributed by atoms with E-state index in [1.54, 1.807) is 17.8 Å². The van der Waals surface area contributed by atoms with Gasteiger partial charge in [0.05, 0.1) is 11.5 Å². The number of nitrogens with one attached hydrogen (secondary N) is 2. The molecule has 0 fully saturated rings. The summed E-state index contributed by atoms with van der Waals surface area (Å²) in [6.45, 7) is 3.93. The fourth-order valence-corrected chi connectivity index (χ4v) is 1.97. The number of hydrogen-bond donors (Lipinski definition) is 2. The highest BCUT2D eigenvalue weighted by atomic mass is 16.6. The van der Waals surface area contributed by atoms with Gasteiger partial charge in [0.25, 0.3) is 11.6 Å². The van der Waals surface area contributed by atoms with E-state index in [0.717, 1.165) is 0 Å². The number of anilines is 1. The van der Waals surface area contributed by atoms with Crippen molar-refractivity contribution in [3.05, 3.63) is 46.0 Å². The molecule has 2 rings (SSSR count). The van der Waals surface area contributed by atoms with Crippen LogP contribution in [-0.4, -0.2) is 31.6 Å². The number of hydrogen-bond acceptors (Lipinski definition) is 6. The van der Waals surface area contributed by atoms with Gasteiger partial charge in [0.1, 0.15) is 17.8 Å². The van der Waals surface area contributed by atoms with Gasteiger partial charge < -0.3 is 10.6 Å². The zero-order valence-electron chi connectivity index (χ0n) is 13.1. The Morgan fingerprint density at radius 3 is 2.74 bits per heavy atom. The molecule has 0 saturated carbocycles. The number of carbonyl (C=O) groups excluding carboxylic acids is 1. The van der Waals surface area contributed by atoms with Crippen LogP contribution in [0.2, 0.25) is 0 Å². The summed E-state index contributed by atoms with van der Waals surface area (Å²) in [5.41, 5.74) is 0.400. The Morgan fingerprint density at radius 1 is 1.43 bits per heavy atom. The first kappa shape index (κ1) is 16.4. The van der Waals surface area contributed by atoms with Gasteiger partial charge in [-0.3, -0.25) is 19.6 Å². The Labute approximate surface area is 132 Å². The molecule has 0 radical (unpaired) electrons. The van der Waals surface area contributed by atoms with Crippen LogP contribution in [-0.2, 0) is 13.6 Å². The quantitative estimate of drug-likeness (QED) is 0.615. The molecular weight excluding hydrogens is 300 g/mol. The Bertz CT molecular complexity index is 725. The lowest BCUT2D eigenvalue weighted by molar-refractivity contribution is -0.384. The summed E-state index contributed by atoms with van der Waals surface area (Å²) in [6.07, 6.45) is 1.41. The normalized spacial score (nSPS) is 10.6. The summed E-state index contributed by atoms with van der Waals surface area (Å²) in [7, 11) is 1.73. The van der Waals surface area contributed by atoms with Gasteiger partial charge in [0, 0.05) is 24.7 Å². The maximum absolute atomic E-state index is 12.0. The summed E-state index contributed by atoms with van der Waals surface area (Å²) < 4.78 is 1.57. The first-order valence-corrected chi connectivity index (χ1v) is 7.04. The monoisotopic (exact) mass is 318 g/mol. The first-order valence-electron chi connectivity index (χ1n) is 7.04. The molecule has 0 aliphatic heterocycles. The van der Waals surface area contributed by atoms with E-state index in [9.17, 15) is 14.9 Å². The SMILES string of the molecule is CC(C)NC(=O)c1ccc(NCc2ncnn2C)c([N+](=O)[O-])c1. The van der Waals surface area contributed by atoms with Crippen molar-refractivity contribution in [2.75, 3.05) is 5.32 Å². The van der Waals surface area contributed by atoms with Crippen molar-refractivity contribution in [2.45, 2.75) is 26.4 Å². The largest absolute Gasteiger partial charge is 0.372 e. The molecule has 0 aliphatic rings. The molecule has 0 unspecified atom stereocenters. The summed E-state index contributed by atoms with van der Waals surface area (Å²) in [6, 6.07) is 4.28. The van der Waals surface area contributed by atoms with E-state index in [2.05, 4.69) is 20.7 Å². The standard InChI is InChI=1S/C14H18N6O3/c1-9(2)18-14(21)10-4-5-11(12(6-10)20(22)23)15-7-13-16-8-17-19(13)3/h4-6,8-9,15H,7H2,1-3H3,(H,18,21). The zero-order valence-corrected chi connectivity index (χ0v) is 13.1. The second-order valence-electron chi connectivity index (χ2n) is 5.27. The number of nitro groups is 1. The summed E-state index contributed by atoms with van der Waals surface area (Å²) in [5, 5.41) is 20.8. The van der Waals surface area contributed by atoms with Gasteiger partial charge in [-0.25, -0.2) is 4.98 Å². The number of nitrogens with zero attached hydrogens (tertiary/aromatic N) is 4. The van der Waals surface area contributed by atoms with E-state index in [4.69, 9.17) is 0 Å². The van der Waals surface area contributed by atoms with Crippen molar-refractivity contribution < 1.29 is 9.72 Å². The van der Waals surface area contributed by atoms with Crippen molar-refractivity contribution in [3.63, 3.8) is 0 Å². The van der Waals surface area contributed by atoms with E-state index < -0.39 is 4.92 Å². The molecule has 122 valence electrons. The molecule has 1 heterocycles. The number of aryl methyl sites for hydroxylation is 1. The van der Waals surface area contributed by atoms with Crippen LogP contribution in [0.1, 0.15) is 30.0 Å². The third kappa shape index (κ3) is 4.02. The van der Waals surface area contributed by atoms with Crippen molar-refractivity contribution >= 4 is 17.3 Å². The second-order valence-corrected chi connectivity index (χ2v) is 5.27. The summed E-state index contributed by atoms with van der Waals surface area (Å²) in [4.78, 5) is 26.7. The molecule has 2 aromatic rings. The Balaban J connectivity index is 2.21. The number of nitro benzene ring substituents is 1. The number of carbonyl (C=O) groups is 1. The third-order valence-corrected chi connectivity index (χ3v) is 3.12. The molecule has 0 aliphatic carbocycles. The predicted octanol–water partition coefficient (Wildman–Crippen LogP) is 1.47. The zero-order chi connectivity index (χ0) is 17.0. The number of aromatic nitrogens is 3. The van der Waals surface area contributed by atoms with Gasteiger partial charge in [0.2, 0.25) is 0 Å². The van der Waals surface area contributed by atoms with Gasteiger partial charge in [-0.15, -0.1) is 0 Å². The molecule has 0 saturated heterocycles. The van der Waals surface area contributed by atoms with E-state index in [-0.39, 0.29) is 29.7 Å². The maximum atomic E-state index is 12.0. The van der Waals surface area contributed by atoms with Crippen LogP contribution in [0.25, 0.3) is 0 Å². The molecule has 23 heavy (non-hydrogen) atoms. The number of benzene rings is 1. The fourth-order valence-electron chi connectivity index (χ4n) is 1.97. The van der Waals surface area contributed by atoms with Gasteiger partial charge in [-0.05, 0) is 26.0 Å². The van der Waals surface area contributed by atoms with E-state index in [0.29, 0.717) is 11.5 Å². The van der Waals surface area contributed by atoms with Gasteiger partial charge >= 0.3 is 0 Å². The number of rotatable bonds is 6. The molecule has 2 N–H and O–H groups in total. The molecule has 9 heteroatoms. The highest BCUT2D eigenvalue weighted by Gasteiger charge is 2.18. The Hall–Kier alpha value is -2.97.